The summed E-state index contributed by atoms with van der Waals surface area (Å²) in [5, 5.41) is 13.4. The molecule has 0 atom stereocenters. The molecular weight excluding hydrogens is 495 g/mol. The molecule has 8 heteroatoms. The standard InChI is InChI=1S/C26H21Cl3N2O3/c1-3-33-24-13-18(10-19(14-30)26(32)31-20-6-4-5-16(2)9-20)12-23(29)25(24)34-15-17-7-8-21(27)22(28)11-17/h4-13H,3,15H2,1-2H3,(H,31,32)/b19-10+. The third kappa shape index (κ3) is 6.68. The average molecular weight is 516 g/mol. The summed E-state index contributed by atoms with van der Waals surface area (Å²) in [5.41, 5.74) is 2.84. The molecule has 0 spiro atoms. The van der Waals surface area contributed by atoms with E-state index in [1.165, 1.54) is 6.08 Å². The summed E-state index contributed by atoms with van der Waals surface area (Å²) >= 11 is 18.5. The van der Waals surface area contributed by atoms with Crippen molar-refractivity contribution in [2.24, 2.45) is 0 Å². The molecule has 1 N–H and O–H groups in total. The number of ether oxygens (including phenoxy) is 2. The van der Waals surface area contributed by atoms with Crippen LogP contribution in [0.2, 0.25) is 15.1 Å². The van der Waals surface area contributed by atoms with E-state index in [1.807, 2.05) is 38.1 Å². The number of halogens is 3. The van der Waals surface area contributed by atoms with Gasteiger partial charge < -0.3 is 14.8 Å². The lowest BCUT2D eigenvalue weighted by molar-refractivity contribution is -0.112. The monoisotopic (exact) mass is 514 g/mol. The van der Waals surface area contributed by atoms with Crippen molar-refractivity contribution in [3.63, 3.8) is 0 Å². The maximum atomic E-state index is 12.6. The Bertz CT molecular complexity index is 1280. The van der Waals surface area contributed by atoms with Crippen LogP contribution in [0.4, 0.5) is 5.69 Å². The molecule has 34 heavy (non-hydrogen) atoms. The summed E-state index contributed by atoms with van der Waals surface area (Å²) in [5.74, 6) is 0.203. The predicted octanol–water partition coefficient (Wildman–Crippen LogP) is 7.48. The molecule has 174 valence electrons. The lowest BCUT2D eigenvalue weighted by atomic mass is 10.1. The number of carbonyl (C=O) groups is 1. The topological polar surface area (TPSA) is 71.3 Å². The van der Waals surface area contributed by atoms with Gasteiger partial charge >= 0.3 is 0 Å². The van der Waals surface area contributed by atoms with Crippen LogP contribution in [-0.2, 0) is 11.4 Å². The van der Waals surface area contributed by atoms with E-state index in [4.69, 9.17) is 44.3 Å². The van der Waals surface area contributed by atoms with E-state index in [1.54, 1.807) is 36.4 Å². The average Bonchev–Trinajstić information content (AvgIpc) is 2.79. The molecule has 0 bridgehead atoms. The van der Waals surface area contributed by atoms with Crippen molar-refractivity contribution < 1.29 is 14.3 Å². The summed E-state index contributed by atoms with van der Waals surface area (Å²) in [7, 11) is 0. The van der Waals surface area contributed by atoms with Gasteiger partial charge in [0.15, 0.2) is 11.5 Å². The quantitative estimate of drug-likeness (QED) is 0.249. The van der Waals surface area contributed by atoms with Crippen molar-refractivity contribution in [2.45, 2.75) is 20.5 Å². The van der Waals surface area contributed by atoms with Crippen molar-refractivity contribution in [1.29, 1.82) is 5.26 Å². The van der Waals surface area contributed by atoms with Gasteiger partial charge in [-0.25, -0.2) is 0 Å². The first kappa shape index (κ1) is 25.5. The minimum Gasteiger partial charge on any atom is -0.490 e. The molecule has 3 aromatic rings. The molecule has 3 rings (SSSR count). The molecule has 0 saturated carbocycles. The molecule has 0 aliphatic carbocycles. The van der Waals surface area contributed by atoms with Crippen LogP contribution in [0.3, 0.4) is 0 Å². The predicted molar refractivity (Wildman–Crippen MR) is 137 cm³/mol. The summed E-state index contributed by atoms with van der Waals surface area (Å²) in [6.07, 6.45) is 1.45. The molecular formula is C26H21Cl3N2O3. The molecule has 3 aromatic carbocycles. The molecule has 5 nitrogen and oxygen atoms in total. The third-order valence-electron chi connectivity index (χ3n) is 4.65. The summed E-state index contributed by atoms with van der Waals surface area (Å²) in [6, 6.07) is 17.7. The van der Waals surface area contributed by atoms with Crippen LogP contribution < -0.4 is 14.8 Å². The highest BCUT2D eigenvalue weighted by Crippen LogP contribution is 2.38. The molecule has 0 radical (unpaired) electrons. The molecule has 0 heterocycles. The van der Waals surface area contributed by atoms with Gasteiger partial charge in [-0.2, -0.15) is 5.26 Å². The normalized spacial score (nSPS) is 11.0. The van der Waals surface area contributed by atoms with Gasteiger partial charge in [-0.1, -0.05) is 53.0 Å². The minimum absolute atomic E-state index is 0.0792. The Balaban J connectivity index is 1.85. The molecule has 0 saturated heterocycles. The summed E-state index contributed by atoms with van der Waals surface area (Å²) in [6.45, 7) is 4.30. The van der Waals surface area contributed by atoms with E-state index in [2.05, 4.69) is 5.32 Å². The van der Waals surface area contributed by atoms with Crippen molar-refractivity contribution in [3.8, 4) is 17.6 Å². The van der Waals surface area contributed by atoms with E-state index >= 15 is 0 Å². The summed E-state index contributed by atoms with van der Waals surface area (Å²) in [4.78, 5) is 12.6. The molecule has 1 amide bonds. The van der Waals surface area contributed by atoms with Crippen molar-refractivity contribution in [3.05, 3.63) is 91.9 Å². The molecule has 0 fully saturated rings. The van der Waals surface area contributed by atoms with E-state index in [0.717, 1.165) is 11.1 Å². The zero-order valence-electron chi connectivity index (χ0n) is 18.5. The fourth-order valence-corrected chi connectivity index (χ4v) is 3.69. The van der Waals surface area contributed by atoms with Gasteiger partial charge in [-0.3, -0.25) is 4.79 Å². The van der Waals surface area contributed by atoms with Gasteiger partial charge in [0, 0.05) is 5.69 Å². The highest BCUT2D eigenvalue weighted by Gasteiger charge is 2.15. The first-order chi connectivity index (χ1) is 16.3. The maximum Gasteiger partial charge on any atom is 0.266 e. The highest BCUT2D eigenvalue weighted by molar-refractivity contribution is 6.42. The smallest absolute Gasteiger partial charge is 0.266 e. The number of benzene rings is 3. The van der Waals surface area contributed by atoms with Gasteiger partial charge in [0.2, 0.25) is 0 Å². The van der Waals surface area contributed by atoms with E-state index < -0.39 is 5.91 Å². The van der Waals surface area contributed by atoms with Crippen LogP contribution in [0.25, 0.3) is 6.08 Å². The van der Waals surface area contributed by atoms with E-state index in [-0.39, 0.29) is 17.2 Å². The van der Waals surface area contributed by atoms with E-state index in [9.17, 15) is 10.1 Å². The molecule has 0 aliphatic heterocycles. The van der Waals surface area contributed by atoms with Crippen LogP contribution >= 0.6 is 34.8 Å². The van der Waals surface area contributed by atoms with Crippen LogP contribution in [0.5, 0.6) is 11.5 Å². The number of carbonyl (C=O) groups excluding carboxylic acids is 1. The lowest BCUT2D eigenvalue weighted by Crippen LogP contribution is -2.13. The Hall–Kier alpha value is -3.17. The SMILES string of the molecule is CCOc1cc(/C=C(\C#N)C(=O)Nc2cccc(C)c2)cc(Cl)c1OCc1ccc(Cl)c(Cl)c1. The Morgan fingerprint density at radius 2 is 1.82 bits per heavy atom. The van der Waals surface area contributed by atoms with Crippen molar-refractivity contribution in [2.75, 3.05) is 11.9 Å². The van der Waals surface area contributed by atoms with Crippen LogP contribution in [-0.4, -0.2) is 12.5 Å². The zero-order valence-corrected chi connectivity index (χ0v) is 20.8. The number of nitriles is 1. The number of hydrogen-bond donors (Lipinski definition) is 1. The number of anilines is 1. The fraction of sp³-hybridized carbons (Fsp3) is 0.154. The third-order valence-corrected chi connectivity index (χ3v) is 5.67. The van der Waals surface area contributed by atoms with Crippen molar-refractivity contribution in [1.82, 2.24) is 0 Å². The number of nitrogens with zero attached hydrogens (tertiary/aromatic N) is 1. The first-order valence-electron chi connectivity index (χ1n) is 10.3. The number of rotatable bonds is 8. The number of hydrogen-bond acceptors (Lipinski definition) is 4. The Morgan fingerprint density at radius 3 is 2.50 bits per heavy atom. The second-order valence-corrected chi connectivity index (χ2v) is 8.52. The highest BCUT2D eigenvalue weighted by atomic mass is 35.5. The van der Waals surface area contributed by atoms with Gasteiger partial charge in [0.05, 0.1) is 21.7 Å². The van der Waals surface area contributed by atoms with Crippen LogP contribution in [0.15, 0.2) is 60.2 Å². The molecule has 0 aromatic heterocycles. The largest absolute Gasteiger partial charge is 0.490 e. The number of aryl methyl sites for hydroxylation is 1. The summed E-state index contributed by atoms with van der Waals surface area (Å²) < 4.78 is 11.6. The van der Waals surface area contributed by atoms with Crippen LogP contribution in [0, 0.1) is 18.3 Å². The van der Waals surface area contributed by atoms with Gasteiger partial charge in [0.1, 0.15) is 18.2 Å². The first-order valence-corrected chi connectivity index (χ1v) is 11.5. The second kappa shape index (κ2) is 11.8. The molecule has 0 unspecified atom stereocenters. The van der Waals surface area contributed by atoms with Gasteiger partial charge in [-0.15, -0.1) is 0 Å². The Morgan fingerprint density at radius 1 is 1.03 bits per heavy atom. The van der Waals surface area contributed by atoms with Gasteiger partial charge in [-0.05, 0) is 73.0 Å². The fourth-order valence-electron chi connectivity index (χ4n) is 3.10. The van der Waals surface area contributed by atoms with Gasteiger partial charge in [0.25, 0.3) is 5.91 Å². The lowest BCUT2D eigenvalue weighted by Gasteiger charge is -2.15. The van der Waals surface area contributed by atoms with Crippen molar-refractivity contribution >= 4 is 52.5 Å². The number of amides is 1. The van der Waals surface area contributed by atoms with E-state index in [0.29, 0.717) is 39.4 Å². The second-order valence-electron chi connectivity index (χ2n) is 7.29. The minimum atomic E-state index is -0.526. The number of nitrogens with one attached hydrogen (secondary N) is 1. The maximum absolute atomic E-state index is 12.6. The zero-order chi connectivity index (χ0) is 24.7. The molecule has 0 aliphatic rings. The van der Waals surface area contributed by atoms with Crippen LogP contribution in [0.1, 0.15) is 23.6 Å². The Labute approximate surface area is 213 Å². The Kier molecular flexibility index (Phi) is 8.84.